The number of carbonyl (C=O) groups is 3. The topological polar surface area (TPSA) is 94.2 Å². The summed E-state index contributed by atoms with van der Waals surface area (Å²) in [5, 5.41) is 2.48. The molecule has 0 unspecified atom stereocenters. The Morgan fingerprint density at radius 2 is 1.84 bits per heavy atom. The molecule has 0 saturated carbocycles. The molecule has 0 aromatic heterocycles. The quantitative estimate of drug-likeness (QED) is 0.566. The maximum atomic E-state index is 12.3. The van der Waals surface area contributed by atoms with E-state index in [-0.39, 0.29) is 23.7 Å². The smallest absolute Gasteiger partial charge is 0.293 e. The van der Waals surface area contributed by atoms with Gasteiger partial charge in [-0.1, -0.05) is 18.2 Å². The van der Waals surface area contributed by atoms with Crippen LogP contribution in [0, 0.1) is 0 Å². The number of carbonyl (C=O) groups excluding carboxylic acids is 3. The third-order valence-electron chi connectivity index (χ3n) is 4.50. The molecule has 1 fully saturated rings. The summed E-state index contributed by atoms with van der Waals surface area (Å²) in [6, 6.07) is 12.2. The van der Waals surface area contributed by atoms with Gasteiger partial charge in [0.15, 0.2) is 18.1 Å². The number of methoxy groups -OCH3 is 1. The predicted octanol–water partition coefficient (Wildman–Crippen LogP) is 4.17. The van der Waals surface area contributed by atoms with Gasteiger partial charge in [0.05, 0.1) is 24.3 Å². The molecule has 168 valence electrons. The van der Waals surface area contributed by atoms with E-state index in [9.17, 15) is 14.4 Å². The van der Waals surface area contributed by atoms with Crippen LogP contribution in [0.5, 0.6) is 17.2 Å². The minimum atomic E-state index is -0.350. The lowest BCUT2D eigenvalue weighted by atomic mass is 10.2. The maximum Gasteiger partial charge on any atom is 0.293 e. The van der Waals surface area contributed by atoms with Gasteiger partial charge in [0.1, 0.15) is 5.75 Å². The number of nitrogens with one attached hydrogen (secondary N) is 1. The van der Waals surface area contributed by atoms with Gasteiger partial charge in [0.25, 0.3) is 17.1 Å². The van der Waals surface area contributed by atoms with Crippen LogP contribution in [0.25, 0.3) is 6.08 Å². The van der Waals surface area contributed by atoms with Crippen molar-refractivity contribution in [2.45, 2.75) is 13.8 Å². The summed E-state index contributed by atoms with van der Waals surface area (Å²) in [5.41, 5.74) is 1.23. The number of hydrogen-bond donors (Lipinski definition) is 1. The van der Waals surface area contributed by atoms with Crippen LogP contribution in [0.1, 0.15) is 19.4 Å². The van der Waals surface area contributed by atoms with Gasteiger partial charge in [0, 0.05) is 6.54 Å². The van der Waals surface area contributed by atoms with Crippen molar-refractivity contribution in [2.24, 2.45) is 0 Å². The van der Waals surface area contributed by atoms with Crippen molar-refractivity contribution in [2.75, 3.05) is 32.2 Å². The Kier molecular flexibility index (Phi) is 7.77. The Balaban J connectivity index is 1.67. The van der Waals surface area contributed by atoms with E-state index in [2.05, 4.69) is 5.32 Å². The molecule has 1 aliphatic heterocycles. The average molecular weight is 457 g/mol. The lowest BCUT2D eigenvalue weighted by molar-refractivity contribution is -0.122. The van der Waals surface area contributed by atoms with Gasteiger partial charge in [-0.05, 0) is 61.5 Å². The first-order valence-electron chi connectivity index (χ1n) is 10.0. The van der Waals surface area contributed by atoms with Gasteiger partial charge in [-0.25, -0.2) is 0 Å². The van der Waals surface area contributed by atoms with E-state index >= 15 is 0 Å². The molecule has 1 N–H and O–H groups in total. The lowest BCUT2D eigenvalue weighted by Crippen LogP contribution is -2.27. The summed E-state index contributed by atoms with van der Waals surface area (Å²) in [7, 11) is 1.48. The van der Waals surface area contributed by atoms with Crippen molar-refractivity contribution in [3.63, 3.8) is 0 Å². The summed E-state index contributed by atoms with van der Waals surface area (Å²) in [6.07, 6.45) is 1.63. The highest BCUT2D eigenvalue weighted by Gasteiger charge is 2.33. The van der Waals surface area contributed by atoms with Crippen molar-refractivity contribution in [3.8, 4) is 17.2 Å². The number of anilines is 1. The van der Waals surface area contributed by atoms with Crippen LogP contribution in [-0.2, 0) is 9.59 Å². The number of hydrogen-bond acceptors (Lipinski definition) is 7. The van der Waals surface area contributed by atoms with Gasteiger partial charge >= 0.3 is 0 Å². The van der Waals surface area contributed by atoms with Crippen LogP contribution >= 0.6 is 11.8 Å². The molecule has 1 aliphatic rings. The number of imide groups is 1. The zero-order chi connectivity index (χ0) is 23.1. The molecule has 9 heteroatoms. The number of para-hydroxylation sites is 2. The van der Waals surface area contributed by atoms with Crippen LogP contribution in [0.4, 0.5) is 10.5 Å². The number of thioether (sulfide) groups is 1. The third-order valence-corrected chi connectivity index (χ3v) is 5.40. The first-order valence-corrected chi connectivity index (χ1v) is 10.9. The molecule has 0 spiro atoms. The van der Waals surface area contributed by atoms with E-state index in [1.807, 2.05) is 13.0 Å². The molecule has 3 amide bonds. The lowest BCUT2D eigenvalue weighted by Gasteiger charge is -2.13. The second kappa shape index (κ2) is 10.7. The van der Waals surface area contributed by atoms with E-state index in [1.54, 1.807) is 49.4 Å². The number of benzene rings is 2. The zero-order valence-corrected chi connectivity index (χ0v) is 18.9. The van der Waals surface area contributed by atoms with Crippen LogP contribution in [0.2, 0.25) is 0 Å². The van der Waals surface area contributed by atoms with E-state index in [0.29, 0.717) is 46.6 Å². The minimum absolute atomic E-state index is 0.231. The average Bonchev–Trinajstić information content (AvgIpc) is 3.06. The SMILES string of the molecule is CCOc1ccccc1NC(=O)COc1ccc(/C=C2/SC(=O)N(CC)C2=O)cc1OC. The first kappa shape index (κ1) is 23.2. The molecule has 2 aromatic rings. The number of rotatable bonds is 9. The minimum Gasteiger partial charge on any atom is -0.493 e. The van der Waals surface area contributed by atoms with Crippen molar-refractivity contribution in [3.05, 3.63) is 52.9 Å². The van der Waals surface area contributed by atoms with Crippen LogP contribution in [0.3, 0.4) is 0 Å². The molecule has 0 radical (unpaired) electrons. The molecule has 0 bridgehead atoms. The Morgan fingerprint density at radius 1 is 1.06 bits per heavy atom. The highest BCUT2D eigenvalue weighted by atomic mass is 32.2. The molecule has 3 rings (SSSR count). The Hall–Kier alpha value is -3.46. The summed E-state index contributed by atoms with van der Waals surface area (Å²) < 4.78 is 16.5. The first-order chi connectivity index (χ1) is 15.5. The normalized spacial score (nSPS) is 14.6. The van der Waals surface area contributed by atoms with Crippen molar-refractivity contribution >= 4 is 40.6 Å². The summed E-state index contributed by atoms with van der Waals surface area (Å²) in [6.45, 7) is 4.20. The van der Waals surface area contributed by atoms with Crippen molar-refractivity contribution in [1.29, 1.82) is 0 Å². The van der Waals surface area contributed by atoms with Gasteiger partial charge in [-0.15, -0.1) is 0 Å². The van der Waals surface area contributed by atoms with E-state index in [4.69, 9.17) is 14.2 Å². The third kappa shape index (κ3) is 5.42. The predicted molar refractivity (Wildman–Crippen MR) is 123 cm³/mol. The van der Waals surface area contributed by atoms with E-state index in [0.717, 1.165) is 11.8 Å². The fourth-order valence-electron chi connectivity index (χ4n) is 3.00. The molecule has 1 heterocycles. The molecular weight excluding hydrogens is 432 g/mol. The Bertz CT molecular complexity index is 1050. The van der Waals surface area contributed by atoms with Crippen LogP contribution in [-0.4, -0.2) is 48.8 Å². The second-order valence-electron chi connectivity index (χ2n) is 6.60. The summed E-state index contributed by atoms with van der Waals surface area (Å²) >= 11 is 0.902. The number of nitrogens with zero attached hydrogens (tertiary/aromatic N) is 1. The van der Waals surface area contributed by atoms with Gasteiger partial charge in [-0.2, -0.15) is 0 Å². The molecule has 1 saturated heterocycles. The molecule has 32 heavy (non-hydrogen) atoms. The fourth-order valence-corrected chi connectivity index (χ4v) is 3.90. The molecule has 0 atom stereocenters. The standard InChI is InChI=1S/C23H24N2O6S/c1-4-25-22(27)20(32-23(25)28)13-15-10-11-18(19(12-15)29-3)31-14-21(26)24-16-8-6-7-9-17(16)30-5-2/h6-13H,4-5,14H2,1-3H3,(H,24,26)/b20-13+. The van der Waals surface area contributed by atoms with E-state index < -0.39 is 0 Å². The second-order valence-corrected chi connectivity index (χ2v) is 7.60. The van der Waals surface area contributed by atoms with E-state index in [1.165, 1.54) is 12.0 Å². The van der Waals surface area contributed by atoms with Crippen LogP contribution < -0.4 is 19.5 Å². The number of ether oxygens (including phenoxy) is 3. The van der Waals surface area contributed by atoms with Crippen molar-refractivity contribution in [1.82, 2.24) is 4.90 Å². The zero-order valence-electron chi connectivity index (χ0n) is 18.0. The molecular formula is C23H24N2O6S. The highest BCUT2D eigenvalue weighted by molar-refractivity contribution is 8.18. The number of likely N-dealkylation sites (N-methyl/N-ethyl adjacent to an activating group) is 1. The fraction of sp³-hybridized carbons (Fsp3) is 0.261. The molecule has 0 aliphatic carbocycles. The number of amides is 3. The molecule has 2 aromatic carbocycles. The van der Waals surface area contributed by atoms with Crippen LogP contribution in [0.15, 0.2) is 47.4 Å². The maximum absolute atomic E-state index is 12.3. The summed E-state index contributed by atoms with van der Waals surface area (Å²) in [5.74, 6) is 0.690. The van der Waals surface area contributed by atoms with Gasteiger partial charge < -0.3 is 19.5 Å². The highest BCUT2D eigenvalue weighted by Crippen LogP contribution is 2.34. The Labute approximate surface area is 190 Å². The van der Waals surface area contributed by atoms with Gasteiger partial charge in [-0.3, -0.25) is 19.3 Å². The molecule has 8 nitrogen and oxygen atoms in total. The largest absolute Gasteiger partial charge is 0.493 e. The van der Waals surface area contributed by atoms with Gasteiger partial charge in [0.2, 0.25) is 0 Å². The monoisotopic (exact) mass is 456 g/mol. The Morgan fingerprint density at radius 3 is 2.53 bits per heavy atom. The van der Waals surface area contributed by atoms with Crippen molar-refractivity contribution < 1.29 is 28.6 Å². The summed E-state index contributed by atoms with van der Waals surface area (Å²) in [4.78, 5) is 38.0.